The predicted octanol–water partition coefficient (Wildman–Crippen LogP) is 4.13. The van der Waals surface area contributed by atoms with Crippen molar-refractivity contribution in [3.05, 3.63) is 52.0 Å². The van der Waals surface area contributed by atoms with Crippen molar-refractivity contribution >= 4 is 44.2 Å². The number of ether oxygens (including phenoxy) is 1. The van der Waals surface area contributed by atoms with E-state index in [1.807, 2.05) is 37.3 Å². The van der Waals surface area contributed by atoms with E-state index in [4.69, 9.17) is 21.3 Å². The van der Waals surface area contributed by atoms with Gasteiger partial charge in [-0.15, -0.1) is 0 Å². The van der Waals surface area contributed by atoms with Gasteiger partial charge >= 0.3 is 0 Å². The number of aryl methyl sites for hydroxylation is 2. The van der Waals surface area contributed by atoms with Crippen LogP contribution in [0.4, 0.5) is 5.13 Å². The summed E-state index contributed by atoms with van der Waals surface area (Å²) in [6, 6.07) is 9.68. The van der Waals surface area contributed by atoms with Crippen LogP contribution in [0.15, 0.2) is 30.3 Å². The lowest BCUT2D eigenvalue weighted by Crippen LogP contribution is -2.48. The van der Waals surface area contributed by atoms with Gasteiger partial charge in [0, 0.05) is 44.8 Å². The van der Waals surface area contributed by atoms with Crippen molar-refractivity contribution < 1.29 is 9.53 Å². The van der Waals surface area contributed by atoms with Crippen molar-refractivity contribution in [3.63, 3.8) is 0 Å². The molecule has 4 rings (SSSR count). The fourth-order valence-electron chi connectivity index (χ4n) is 3.74. The molecule has 3 aromatic rings. The van der Waals surface area contributed by atoms with E-state index in [0.717, 1.165) is 59.2 Å². The van der Waals surface area contributed by atoms with Gasteiger partial charge in [-0.2, -0.15) is 0 Å². The molecule has 8 heteroatoms. The van der Waals surface area contributed by atoms with E-state index in [0.29, 0.717) is 17.3 Å². The smallest absolute Gasteiger partial charge is 0.251 e. The summed E-state index contributed by atoms with van der Waals surface area (Å²) in [7, 11) is 1.62. The molecule has 1 saturated heterocycles. The number of hydrogen-bond acceptors (Lipinski definition) is 6. The molecular formula is C23H27ClN4O2S. The van der Waals surface area contributed by atoms with Crippen molar-refractivity contribution in [2.75, 3.05) is 51.3 Å². The number of nitrogens with one attached hydrogen (secondary N) is 1. The SMILES string of the molecule is COc1c(Cl)ccc2sc(N3CCN(CCNC(=O)c4ccc(C)c(C)c4)CC3)nc12. The van der Waals surface area contributed by atoms with Crippen LogP contribution in [0.5, 0.6) is 5.75 Å². The number of benzene rings is 2. The maximum absolute atomic E-state index is 12.4. The lowest BCUT2D eigenvalue weighted by Gasteiger charge is -2.34. The molecule has 2 heterocycles. The number of methoxy groups -OCH3 is 1. The minimum absolute atomic E-state index is 0.0104. The molecule has 1 aliphatic rings. The molecule has 6 nitrogen and oxygen atoms in total. The van der Waals surface area contributed by atoms with Gasteiger partial charge in [-0.3, -0.25) is 9.69 Å². The van der Waals surface area contributed by atoms with Crippen molar-refractivity contribution in [3.8, 4) is 5.75 Å². The molecule has 0 unspecified atom stereocenters. The average molecular weight is 459 g/mol. The van der Waals surface area contributed by atoms with E-state index in [1.165, 1.54) is 5.56 Å². The maximum atomic E-state index is 12.4. The number of anilines is 1. The zero-order chi connectivity index (χ0) is 22.0. The number of halogens is 1. The number of piperazine rings is 1. The third-order valence-electron chi connectivity index (χ3n) is 5.78. The Morgan fingerprint density at radius 1 is 1.16 bits per heavy atom. The molecule has 0 aliphatic carbocycles. The monoisotopic (exact) mass is 458 g/mol. The molecule has 0 atom stereocenters. The van der Waals surface area contributed by atoms with E-state index in [1.54, 1.807) is 18.4 Å². The van der Waals surface area contributed by atoms with Crippen LogP contribution in [0.1, 0.15) is 21.5 Å². The lowest BCUT2D eigenvalue weighted by molar-refractivity contribution is 0.0947. The second-order valence-corrected chi connectivity index (χ2v) is 9.22. The summed E-state index contributed by atoms with van der Waals surface area (Å²) >= 11 is 7.90. The van der Waals surface area contributed by atoms with E-state index in [2.05, 4.69) is 22.0 Å². The first-order valence-electron chi connectivity index (χ1n) is 10.4. The first kappa shape index (κ1) is 21.9. The number of aromatic nitrogens is 1. The number of rotatable bonds is 6. The van der Waals surface area contributed by atoms with Crippen molar-refractivity contribution in [2.45, 2.75) is 13.8 Å². The fourth-order valence-corrected chi connectivity index (χ4v) is 4.98. The second kappa shape index (κ2) is 9.42. The Morgan fingerprint density at radius 2 is 1.94 bits per heavy atom. The number of amides is 1. The standard InChI is InChI=1S/C23H27ClN4O2S/c1-15-4-5-17(14-16(15)2)22(29)25-8-9-27-10-12-28(13-11-27)23-26-20-19(31-23)7-6-18(24)21(20)30-3/h4-7,14H,8-13H2,1-3H3,(H,25,29). The fraction of sp³-hybridized carbons (Fsp3) is 0.391. The predicted molar refractivity (Wildman–Crippen MR) is 128 cm³/mol. The number of fused-ring (bicyclic) bond motifs is 1. The van der Waals surface area contributed by atoms with E-state index in [9.17, 15) is 4.79 Å². The normalized spacial score (nSPS) is 14.8. The number of hydrogen-bond donors (Lipinski definition) is 1. The maximum Gasteiger partial charge on any atom is 0.251 e. The third-order valence-corrected chi connectivity index (χ3v) is 7.16. The van der Waals surface area contributed by atoms with Gasteiger partial charge in [-0.05, 0) is 49.2 Å². The van der Waals surface area contributed by atoms with Crippen LogP contribution in [0.3, 0.4) is 0 Å². The third kappa shape index (κ3) is 4.79. The van der Waals surface area contributed by atoms with Crippen molar-refractivity contribution in [1.82, 2.24) is 15.2 Å². The summed E-state index contributed by atoms with van der Waals surface area (Å²) in [6.07, 6.45) is 0. The second-order valence-electron chi connectivity index (χ2n) is 7.81. The van der Waals surface area contributed by atoms with Gasteiger partial charge in [0.2, 0.25) is 0 Å². The molecule has 31 heavy (non-hydrogen) atoms. The van der Waals surface area contributed by atoms with Crippen LogP contribution < -0.4 is 15.0 Å². The summed E-state index contributed by atoms with van der Waals surface area (Å²) in [5.74, 6) is 0.628. The number of carbonyl (C=O) groups excluding carboxylic acids is 1. The highest BCUT2D eigenvalue weighted by Gasteiger charge is 2.21. The summed E-state index contributed by atoms with van der Waals surface area (Å²) in [6.45, 7) is 9.25. The van der Waals surface area contributed by atoms with Crippen molar-refractivity contribution in [2.24, 2.45) is 0 Å². The van der Waals surface area contributed by atoms with Gasteiger partial charge in [-0.25, -0.2) is 4.98 Å². The minimum atomic E-state index is -0.0104. The lowest BCUT2D eigenvalue weighted by atomic mass is 10.1. The molecule has 0 bridgehead atoms. The van der Waals surface area contributed by atoms with Gasteiger partial charge in [0.25, 0.3) is 5.91 Å². The zero-order valence-electron chi connectivity index (χ0n) is 18.1. The van der Waals surface area contributed by atoms with Crippen LogP contribution in [-0.2, 0) is 0 Å². The zero-order valence-corrected chi connectivity index (χ0v) is 19.6. The topological polar surface area (TPSA) is 57.7 Å². The number of nitrogens with zero attached hydrogens (tertiary/aromatic N) is 3. The van der Waals surface area contributed by atoms with Crippen molar-refractivity contribution in [1.29, 1.82) is 0 Å². The van der Waals surface area contributed by atoms with Crippen LogP contribution in [0.25, 0.3) is 10.2 Å². The van der Waals surface area contributed by atoms with Gasteiger partial charge < -0.3 is 15.0 Å². The number of thiazole rings is 1. The molecule has 1 aliphatic heterocycles. The van der Waals surface area contributed by atoms with E-state index in [-0.39, 0.29) is 5.91 Å². The Balaban J connectivity index is 1.28. The largest absolute Gasteiger partial charge is 0.493 e. The highest BCUT2D eigenvalue weighted by atomic mass is 35.5. The average Bonchev–Trinajstić information content (AvgIpc) is 3.20. The Morgan fingerprint density at radius 3 is 2.65 bits per heavy atom. The Hall–Kier alpha value is -2.35. The molecule has 0 spiro atoms. The minimum Gasteiger partial charge on any atom is -0.493 e. The van der Waals surface area contributed by atoms with Gasteiger partial charge in [0.15, 0.2) is 10.9 Å². The highest BCUT2D eigenvalue weighted by Crippen LogP contribution is 2.38. The van der Waals surface area contributed by atoms with E-state index >= 15 is 0 Å². The van der Waals surface area contributed by atoms with Crippen LogP contribution in [-0.4, -0.2) is 62.2 Å². The summed E-state index contributed by atoms with van der Waals surface area (Å²) < 4.78 is 6.51. The molecule has 0 radical (unpaired) electrons. The molecule has 1 amide bonds. The van der Waals surface area contributed by atoms with E-state index < -0.39 is 0 Å². The van der Waals surface area contributed by atoms with Crippen LogP contribution >= 0.6 is 22.9 Å². The summed E-state index contributed by atoms with van der Waals surface area (Å²) in [4.78, 5) is 21.9. The number of carbonyl (C=O) groups is 1. The molecule has 1 fully saturated rings. The van der Waals surface area contributed by atoms with Gasteiger partial charge in [-0.1, -0.05) is 29.0 Å². The molecule has 0 saturated carbocycles. The van der Waals surface area contributed by atoms with Gasteiger partial charge in [0.05, 0.1) is 16.8 Å². The molecule has 1 aromatic heterocycles. The molecule has 1 N–H and O–H groups in total. The first-order valence-corrected chi connectivity index (χ1v) is 11.6. The summed E-state index contributed by atoms with van der Waals surface area (Å²) in [5, 5.41) is 4.62. The molecule has 164 valence electrons. The molecule has 2 aromatic carbocycles. The summed E-state index contributed by atoms with van der Waals surface area (Å²) in [5.41, 5.74) is 3.88. The van der Waals surface area contributed by atoms with Crippen LogP contribution in [0, 0.1) is 13.8 Å². The molecular weight excluding hydrogens is 432 g/mol. The first-order chi connectivity index (χ1) is 15.0. The quantitative estimate of drug-likeness (QED) is 0.602. The Kier molecular flexibility index (Phi) is 6.65. The highest BCUT2D eigenvalue weighted by molar-refractivity contribution is 7.22. The van der Waals surface area contributed by atoms with Gasteiger partial charge in [0.1, 0.15) is 5.52 Å². The van der Waals surface area contributed by atoms with Crippen LogP contribution in [0.2, 0.25) is 5.02 Å². The Bertz CT molecular complexity index is 1090. The Labute approximate surface area is 191 Å².